The minimum absolute atomic E-state index is 0.0877. The van der Waals surface area contributed by atoms with Gasteiger partial charge >= 0.3 is 0 Å². The molecule has 2 aliphatic rings. The molecule has 0 saturated carbocycles. The van der Waals surface area contributed by atoms with E-state index in [9.17, 15) is 4.79 Å². The van der Waals surface area contributed by atoms with Gasteiger partial charge in [0, 0.05) is 23.6 Å². The third-order valence-corrected chi connectivity index (χ3v) is 5.65. The van der Waals surface area contributed by atoms with Gasteiger partial charge in [-0.25, -0.2) is 0 Å². The Labute approximate surface area is 147 Å². The first-order valence-electron chi connectivity index (χ1n) is 9.08. The highest BCUT2D eigenvalue weighted by molar-refractivity contribution is 6.18. The van der Waals surface area contributed by atoms with Crippen LogP contribution in [0.2, 0.25) is 0 Å². The molecule has 1 N–H and O–H groups in total. The minimum atomic E-state index is 0.0877. The van der Waals surface area contributed by atoms with Crippen LogP contribution in [-0.4, -0.2) is 31.1 Å². The molecule has 126 valence electrons. The summed E-state index contributed by atoms with van der Waals surface area (Å²) in [4.78, 5) is 13.4. The van der Waals surface area contributed by atoms with Crippen molar-refractivity contribution in [1.29, 1.82) is 0 Å². The van der Waals surface area contributed by atoms with Crippen LogP contribution in [0.15, 0.2) is 54.6 Å². The number of morpholine rings is 1. The van der Waals surface area contributed by atoms with Gasteiger partial charge in [-0.15, -0.1) is 0 Å². The summed E-state index contributed by atoms with van der Waals surface area (Å²) in [5, 5.41) is 8.18. The molecule has 0 aromatic heterocycles. The highest BCUT2D eigenvalue weighted by Crippen LogP contribution is 2.33. The molecule has 3 nitrogen and oxygen atoms in total. The fourth-order valence-electron chi connectivity index (χ4n) is 4.53. The topological polar surface area (TPSA) is 38.3 Å². The Morgan fingerprint density at radius 1 is 0.880 bits per heavy atom. The summed E-state index contributed by atoms with van der Waals surface area (Å²) in [6, 6.07) is 19.3. The molecule has 0 amide bonds. The Bertz CT molecular complexity index is 953. The monoisotopic (exact) mass is 331 g/mol. The Balaban J connectivity index is 1.62. The lowest BCUT2D eigenvalue weighted by Gasteiger charge is -2.39. The number of piperidine rings is 1. The lowest BCUT2D eigenvalue weighted by Crippen LogP contribution is -2.55. The number of rotatable bonds is 2. The maximum Gasteiger partial charge on any atom is 0.166 e. The van der Waals surface area contributed by atoms with Gasteiger partial charge in [-0.2, -0.15) is 0 Å². The Morgan fingerprint density at radius 3 is 2.28 bits per heavy atom. The summed E-state index contributed by atoms with van der Waals surface area (Å²) in [5.74, 6) is 0.380. The van der Waals surface area contributed by atoms with Crippen molar-refractivity contribution in [2.75, 3.05) is 13.2 Å². The number of ketones is 1. The largest absolute Gasteiger partial charge is 0.378 e. The van der Waals surface area contributed by atoms with Crippen molar-refractivity contribution < 1.29 is 9.53 Å². The van der Waals surface area contributed by atoms with E-state index in [1.807, 2.05) is 12.1 Å². The Hall–Kier alpha value is -2.23. The van der Waals surface area contributed by atoms with E-state index in [0.717, 1.165) is 42.4 Å². The molecular weight excluding hydrogens is 310 g/mol. The van der Waals surface area contributed by atoms with Gasteiger partial charge < -0.3 is 10.1 Å². The average molecular weight is 331 g/mol. The minimum Gasteiger partial charge on any atom is -0.378 e. The summed E-state index contributed by atoms with van der Waals surface area (Å²) in [7, 11) is 0. The van der Waals surface area contributed by atoms with Gasteiger partial charge in [0.05, 0.1) is 13.2 Å². The molecule has 2 heterocycles. The van der Waals surface area contributed by atoms with Gasteiger partial charge in [0.25, 0.3) is 0 Å². The fraction of sp³-hybridized carbons (Fsp3) is 0.318. The Morgan fingerprint density at radius 2 is 1.52 bits per heavy atom. The van der Waals surface area contributed by atoms with Gasteiger partial charge in [-0.3, -0.25) is 4.79 Å². The number of fused-ring (bicyclic) bond motifs is 5. The second-order valence-electron chi connectivity index (χ2n) is 7.32. The summed E-state index contributed by atoms with van der Waals surface area (Å²) < 4.78 is 5.62. The number of nitrogens with one attached hydrogen (secondary N) is 1. The summed E-state index contributed by atoms with van der Waals surface area (Å²) in [6.45, 7) is 1.44. The first-order valence-corrected chi connectivity index (χ1v) is 9.08. The molecule has 25 heavy (non-hydrogen) atoms. The standard InChI is InChI=1S/C22H21NO2/c24-22(15-9-16-12-25-13-17(10-15)23-16)21-11-14-5-1-2-6-18(14)19-7-3-4-8-20(19)21/h1-8,11,15-17,23H,9-10,12-13H2. The van der Waals surface area contributed by atoms with Gasteiger partial charge in [0.2, 0.25) is 0 Å². The lowest BCUT2D eigenvalue weighted by atomic mass is 9.80. The highest BCUT2D eigenvalue weighted by Gasteiger charge is 2.36. The van der Waals surface area contributed by atoms with E-state index in [2.05, 4.69) is 47.8 Å². The molecule has 3 aromatic rings. The third-order valence-electron chi connectivity index (χ3n) is 5.65. The zero-order chi connectivity index (χ0) is 16.8. The van der Waals surface area contributed by atoms with Crippen LogP contribution in [0, 0.1) is 5.92 Å². The molecule has 2 fully saturated rings. The quantitative estimate of drug-likeness (QED) is 0.571. The summed E-state index contributed by atoms with van der Waals surface area (Å²) >= 11 is 0. The molecular formula is C22H21NO2. The molecule has 0 radical (unpaired) electrons. The second kappa shape index (κ2) is 5.94. The number of benzene rings is 3. The SMILES string of the molecule is O=C(c1cc2ccccc2c2ccccc12)C1CC2COCC(C1)N2. The average Bonchev–Trinajstić information content (AvgIpc) is 2.66. The predicted molar refractivity (Wildman–Crippen MR) is 100 cm³/mol. The van der Waals surface area contributed by atoms with Gasteiger partial charge in [0.15, 0.2) is 5.78 Å². The van der Waals surface area contributed by atoms with Crippen LogP contribution in [0.1, 0.15) is 23.2 Å². The first kappa shape index (κ1) is 15.1. The smallest absolute Gasteiger partial charge is 0.166 e. The third kappa shape index (κ3) is 2.55. The molecule has 0 spiro atoms. The van der Waals surface area contributed by atoms with Crippen LogP contribution >= 0.6 is 0 Å². The van der Waals surface area contributed by atoms with Crippen LogP contribution in [-0.2, 0) is 4.74 Å². The van der Waals surface area contributed by atoms with Crippen LogP contribution in [0.3, 0.4) is 0 Å². The molecule has 3 heteroatoms. The number of hydrogen-bond donors (Lipinski definition) is 1. The van der Waals surface area contributed by atoms with Crippen molar-refractivity contribution in [1.82, 2.24) is 5.32 Å². The van der Waals surface area contributed by atoms with Gasteiger partial charge in [0.1, 0.15) is 0 Å². The first-order chi connectivity index (χ1) is 12.3. The molecule has 3 aromatic carbocycles. The van der Waals surface area contributed by atoms with Crippen molar-refractivity contribution in [3.63, 3.8) is 0 Å². The summed E-state index contributed by atoms with van der Waals surface area (Å²) in [5.41, 5.74) is 0.875. The van der Waals surface area contributed by atoms with Gasteiger partial charge in [-0.05, 0) is 40.5 Å². The molecule has 2 saturated heterocycles. The van der Waals surface area contributed by atoms with Crippen molar-refractivity contribution in [3.05, 3.63) is 60.2 Å². The molecule has 5 rings (SSSR count). The van der Waals surface area contributed by atoms with E-state index < -0.39 is 0 Å². The van der Waals surface area contributed by atoms with Crippen molar-refractivity contribution in [2.45, 2.75) is 24.9 Å². The van der Waals surface area contributed by atoms with Crippen molar-refractivity contribution >= 4 is 27.3 Å². The van der Waals surface area contributed by atoms with E-state index in [-0.39, 0.29) is 5.92 Å². The van der Waals surface area contributed by atoms with E-state index in [0.29, 0.717) is 17.9 Å². The predicted octanol–water partition coefficient (Wildman–Crippen LogP) is 3.94. The summed E-state index contributed by atoms with van der Waals surface area (Å²) in [6.07, 6.45) is 1.74. The number of ether oxygens (including phenoxy) is 1. The molecule has 2 atom stereocenters. The molecule has 2 bridgehead atoms. The fourth-order valence-corrected chi connectivity index (χ4v) is 4.53. The van der Waals surface area contributed by atoms with Crippen LogP contribution in [0.4, 0.5) is 0 Å². The maximum atomic E-state index is 13.4. The zero-order valence-electron chi connectivity index (χ0n) is 14.1. The van der Waals surface area contributed by atoms with Crippen LogP contribution in [0.25, 0.3) is 21.5 Å². The van der Waals surface area contributed by atoms with Crippen LogP contribution < -0.4 is 5.32 Å². The number of carbonyl (C=O) groups excluding carboxylic acids is 1. The molecule has 0 aliphatic carbocycles. The van der Waals surface area contributed by atoms with E-state index in [4.69, 9.17) is 4.74 Å². The van der Waals surface area contributed by atoms with Crippen LogP contribution in [0.5, 0.6) is 0 Å². The molecule has 2 unspecified atom stereocenters. The van der Waals surface area contributed by atoms with E-state index in [1.165, 1.54) is 10.8 Å². The van der Waals surface area contributed by atoms with E-state index in [1.54, 1.807) is 0 Å². The highest BCUT2D eigenvalue weighted by atomic mass is 16.5. The Kier molecular flexibility index (Phi) is 3.58. The maximum absolute atomic E-state index is 13.4. The van der Waals surface area contributed by atoms with Crippen molar-refractivity contribution in [3.8, 4) is 0 Å². The zero-order valence-corrected chi connectivity index (χ0v) is 14.1. The normalized spacial score (nSPS) is 26.0. The number of hydrogen-bond acceptors (Lipinski definition) is 3. The lowest BCUT2D eigenvalue weighted by molar-refractivity contribution is 0.00956. The molecule has 2 aliphatic heterocycles. The van der Waals surface area contributed by atoms with Gasteiger partial charge in [-0.1, -0.05) is 48.5 Å². The van der Waals surface area contributed by atoms with E-state index >= 15 is 0 Å². The number of carbonyl (C=O) groups is 1. The number of Topliss-reactive ketones (excluding diaryl/α,β-unsaturated/α-hetero) is 1. The van der Waals surface area contributed by atoms with Crippen molar-refractivity contribution in [2.24, 2.45) is 5.92 Å². The second-order valence-corrected chi connectivity index (χ2v) is 7.32.